The molecular formula is C17H13ClN4O3. The minimum atomic E-state index is -0.496. The van der Waals surface area contributed by atoms with Gasteiger partial charge in [0.25, 0.3) is 11.6 Å². The van der Waals surface area contributed by atoms with Crippen LogP contribution in [0.5, 0.6) is 0 Å². The van der Waals surface area contributed by atoms with Crippen LogP contribution in [0.4, 0.5) is 11.4 Å². The van der Waals surface area contributed by atoms with Gasteiger partial charge in [-0.15, -0.1) is 0 Å². The summed E-state index contributed by atoms with van der Waals surface area (Å²) >= 11 is 6.12. The molecule has 0 radical (unpaired) electrons. The van der Waals surface area contributed by atoms with E-state index in [1.54, 1.807) is 16.9 Å². The Morgan fingerprint density at radius 3 is 2.60 bits per heavy atom. The predicted molar refractivity (Wildman–Crippen MR) is 93.8 cm³/mol. The molecule has 1 heterocycles. The molecule has 0 aliphatic heterocycles. The number of nitrogens with one attached hydrogen (secondary N) is 1. The van der Waals surface area contributed by atoms with Crippen LogP contribution < -0.4 is 5.32 Å². The van der Waals surface area contributed by atoms with Crippen LogP contribution >= 0.6 is 11.6 Å². The highest BCUT2D eigenvalue weighted by molar-refractivity contribution is 6.31. The van der Waals surface area contributed by atoms with Gasteiger partial charge in [-0.3, -0.25) is 19.6 Å². The molecule has 0 spiro atoms. The van der Waals surface area contributed by atoms with E-state index in [1.165, 1.54) is 30.5 Å². The summed E-state index contributed by atoms with van der Waals surface area (Å²) in [5.41, 5.74) is 1.71. The number of nitro groups is 1. The van der Waals surface area contributed by atoms with E-state index in [-0.39, 0.29) is 11.6 Å². The van der Waals surface area contributed by atoms with Crippen LogP contribution in [0, 0.1) is 10.1 Å². The molecule has 0 bridgehead atoms. The molecule has 0 atom stereocenters. The fourth-order valence-electron chi connectivity index (χ4n) is 2.24. The SMILES string of the molecule is O=C(Nc1ccc([N+](=O)[O-])cc1)c1cnn(Cc2ccccc2Cl)c1. The van der Waals surface area contributed by atoms with Gasteiger partial charge in [-0.05, 0) is 23.8 Å². The van der Waals surface area contributed by atoms with Gasteiger partial charge in [-0.1, -0.05) is 29.8 Å². The summed E-state index contributed by atoms with van der Waals surface area (Å²) in [5.74, 6) is -0.348. The molecule has 126 valence electrons. The van der Waals surface area contributed by atoms with Crippen molar-refractivity contribution in [3.05, 3.63) is 87.2 Å². The molecule has 0 saturated carbocycles. The fourth-order valence-corrected chi connectivity index (χ4v) is 2.43. The van der Waals surface area contributed by atoms with Gasteiger partial charge in [0, 0.05) is 29.0 Å². The van der Waals surface area contributed by atoms with Gasteiger partial charge in [-0.25, -0.2) is 0 Å². The zero-order chi connectivity index (χ0) is 17.8. The van der Waals surface area contributed by atoms with Crippen molar-refractivity contribution in [1.82, 2.24) is 9.78 Å². The number of carbonyl (C=O) groups is 1. The molecular weight excluding hydrogens is 344 g/mol. The molecule has 1 aromatic heterocycles. The minimum absolute atomic E-state index is 0.0365. The van der Waals surface area contributed by atoms with Crippen molar-refractivity contribution in [3.63, 3.8) is 0 Å². The average Bonchev–Trinajstić information content (AvgIpc) is 3.06. The third-order valence-electron chi connectivity index (χ3n) is 3.52. The first-order valence-electron chi connectivity index (χ1n) is 7.34. The number of anilines is 1. The van der Waals surface area contributed by atoms with Crippen molar-refractivity contribution in [2.24, 2.45) is 0 Å². The number of hydrogen-bond donors (Lipinski definition) is 1. The van der Waals surface area contributed by atoms with E-state index < -0.39 is 4.92 Å². The standard InChI is InChI=1S/C17H13ClN4O3/c18-16-4-2-1-3-12(16)10-21-11-13(9-19-21)17(23)20-14-5-7-15(8-6-14)22(24)25/h1-9,11H,10H2,(H,20,23). The molecule has 1 N–H and O–H groups in total. The van der Waals surface area contributed by atoms with E-state index in [0.29, 0.717) is 22.8 Å². The molecule has 7 nitrogen and oxygen atoms in total. The Labute approximate surface area is 148 Å². The number of non-ortho nitro benzene ring substituents is 1. The molecule has 0 aliphatic carbocycles. The van der Waals surface area contributed by atoms with Crippen molar-refractivity contribution in [2.75, 3.05) is 5.32 Å². The second kappa shape index (κ2) is 7.14. The molecule has 0 fully saturated rings. The van der Waals surface area contributed by atoms with Crippen LogP contribution in [-0.2, 0) is 6.54 Å². The van der Waals surface area contributed by atoms with Crippen LogP contribution in [0.25, 0.3) is 0 Å². The predicted octanol–water partition coefficient (Wildman–Crippen LogP) is 3.75. The average molecular weight is 357 g/mol. The summed E-state index contributed by atoms with van der Waals surface area (Å²) in [6.07, 6.45) is 3.07. The van der Waals surface area contributed by atoms with Gasteiger partial charge in [0.2, 0.25) is 0 Å². The number of nitrogens with zero attached hydrogens (tertiary/aromatic N) is 3. The lowest BCUT2D eigenvalue weighted by atomic mass is 10.2. The normalized spacial score (nSPS) is 10.4. The maximum atomic E-state index is 12.2. The number of nitro benzene ring substituents is 1. The Morgan fingerprint density at radius 2 is 1.92 bits per heavy atom. The van der Waals surface area contributed by atoms with E-state index in [4.69, 9.17) is 11.6 Å². The highest BCUT2D eigenvalue weighted by Crippen LogP contribution is 2.18. The zero-order valence-electron chi connectivity index (χ0n) is 12.9. The monoisotopic (exact) mass is 356 g/mol. The fraction of sp³-hybridized carbons (Fsp3) is 0.0588. The van der Waals surface area contributed by atoms with Crippen molar-refractivity contribution in [1.29, 1.82) is 0 Å². The van der Waals surface area contributed by atoms with Gasteiger partial charge in [0.05, 0.1) is 23.2 Å². The summed E-state index contributed by atoms with van der Waals surface area (Å²) in [5, 5.41) is 18.1. The molecule has 1 amide bonds. The Kier molecular flexibility index (Phi) is 4.76. The van der Waals surface area contributed by atoms with E-state index in [1.807, 2.05) is 18.2 Å². The number of hydrogen-bond acceptors (Lipinski definition) is 4. The van der Waals surface area contributed by atoms with Gasteiger partial charge in [-0.2, -0.15) is 5.10 Å². The molecule has 0 saturated heterocycles. The van der Waals surface area contributed by atoms with Crippen LogP contribution in [-0.4, -0.2) is 20.6 Å². The van der Waals surface area contributed by atoms with Crippen molar-refractivity contribution in [2.45, 2.75) is 6.54 Å². The summed E-state index contributed by atoms with van der Waals surface area (Å²) in [6, 6.07) is 13.0. The molecule has 0 unspecified atom stereocenters. The van der Waals surface area contributed by atoms with E-state index in [2.05, 4.69) is 10.4 Å². The molecule has 0 aliphatic rings. The molecule has 25 heavy (non-hydrogen) atoms. The molecule has 3 rings (SSSR count). The smallest absolute Gasteiger partial charge is 0.269 e. The summed E-state index contributed by atoms with van der Waals surface area (Å²) in [6.45, 7) is 0.449. The van der Waals surface area contributed by atoms with E-state index in [0.717, 1.165) is 5.56 Å². The number of aromatic nitrogens is 2. The lowest BCUT2D eigenvalue weighted by Gasteiger charge is -2.04. The Morgan fingerprint density at radius 1 is 1.20 bits per heavy atom. The van der Waals surface area contributed by atoms with Crippen molar-refractivity contribution < 1.29 is 9.72 Å². The van der Waals surface area contributed by atoms with Gasteiger partial charge >= 0.3 is 0 Å². The number of benzene rings is 2. The Hall–Kier alpha value is -3.19. The first-order chi connectivity index (χ1) is 12.0. The Bertz CT molecular complexity index is 922. The number of halogens is 1. The van der Waals surface area contributed by atoms with Crippen LogP contribution in [0.2, 0.25) is 5.02 Å². The molecule has 2 aromatic carbocycles. The third kappa shape index (κ3) is 4.02. The number of amides is 1. The highest BCUT2D eigenvalue weighted by atomic mass is 35.5. The van der Waals surface area contributed by atoms with Crippen LogP contribution in [0.15, 0.2) is 60.9 Å². The van der Waals surface area contributed by atoms with Crippen LogP contribution in [0.1, 0.15) is 15.9 Å². The lowest BCUT2D eigenvalue weighted by Crippen LogP contribution is -2.11. The molecule has 3 aromatic rings. The lowest BCUT2D eigenvalue weighted by molar-refractivity contribution is -0.384. The second-order valence-electron chi connectivity index (χ2n) is 5.28. The number of carbonyl (C=O) groups excluding carboxylic acids is 1. The van der Waals surface area contributed by atoms with Crippen LogP contribution in [0.3, 0.4) is 0 Å². The quantitative estimate of drug-likeness (QED) is 0.557. The molecule has 8 heteroatoms. The third-order valence-corrected chi connectivity index (χ3v) is 3.89. The first-order valence-corrected chi connectivity index (χ1v) is 7.72. The maximum Gasteiger partial charge on any atom is 0.269 e. The zero-order valence-corrected chi connectivity index (χ0v) is 13.7. The summed E-state index contributed by atoms with van der Waals surface area (Å²) < 4.78 is 1.62. The highest BCUT2D eigenvalue weighted by Gasteiger charge is 2.11. The van der Waals surface area contributed by atoms with E-state index >= 15 is 0 Å². The van der Waals surface area contributed by atoms with Crippen molar-refractivity contribution >= 4 is 28.9 Å². The first kappa shape index (κ1) is 16.7. The maximum absolute atomic E-state index is 12.2. The van der Waals surface area contributed by atoms with Gasteiger partial charge in [0.1, 0.15) is 0 Å². The second-order valence-corrected chi connectivity index (χ2v) is 5.68. The Balaban J connectivity index is 1.68. The van der Waals surface area contributed by atoms with Crippen molar-refractivity contribution in [3.8, 4) is 0 Å². The summed E-state index contributed by atoms with van der Waals surface area (Å²) in [4.78, 5) is 22.4. The largest absolute Gasteiger partial charge is 0.322 e. The van der Waals surface area contributed by atoms with Gasteiger partial charge < -0.3 is 5.32 Å². The minimum Gasteiger partial charge on any atom is -0.322 e. The van der Waals surface area contributed by atoms with Gasteiger partial charge in [0.15, 0.2) is 0 Å². The van der Waals surface area contributed by atoms with E-state index in [9.17, 15) is 14.9 Å². The number of rotatable bonds is 5. The summed E-state index contributed by atoms with van der Waals surface area (Å²) in [7, 11) is 0. The topological polar surface area (TPSA) is 90.1 Å².